The molecule has 2 N–H and O–H groups in total. The van der Waals surface area contributed by atoms with E-state index < -0.39 is 31.7 Å². The summed E-state index contributed by atoms with van der Waals surface area (Å²) in [6.45, 7) is 5.96. The number of allylic oxidation sites excluding steroid dienone is 4. The molecule has 0 saturated carbocycles. The van der Waals surface area contributed by atoms with Crippen LogP contribution in [0.1, 0.15) is 26.3 Å². The quantitative estimate of drug-likeness (QED) is 0.469. The van der Waals surface area contributed by atoms with Gasteiger partial charge in [-0.1, -0.05) is 79.3 Å². The Bertz CT molecular complexity index is 696. The molecule has 0 fully saturated rings. The van der Waals surface area contributed by atoms with Crippen LogP contribution in [-0.4, -0.2) is 21.8 Å². The van der Waals surface area contributed by atoms with E-state index >= 15 is 0 Å². The number of benzene rings is 1. The molecular formula is C16H14Cl4O4. The molecule has 0 radical (unpaired) electrons. The second-order valence-electron chi connectivity index (χ2n) is 5.84. The molecule has 1 aromatic carbocycles. The van der Waals surface area contributed by atoms with Gasteiger partial charge in [0.1, 0.15) is 20.1 Å². The first-order valence-electron chi connectivity index (χ1n) is 6.61. The van der Waals surface area contributed by atoms with Gasteiger partial charge in [0.15, 0.2) is 11.5 Å². The van der Waals surface area contributed by atoms with Gasteiger partial charge < -0.3 is 10.2 Å². The number of ketones is 2. The van der Waals surface area contributed by atoms with Crippen molar-refractivity contribution in [3.8, 4) is 11.5 Å². The van der Waals surface area contributed by atoms with Gasteiger partial charge >= 0.3 is 0 Å². The molecule has 2 rings (SSSR count). The van der Waals surface area contributed by atoms with Gasteiger partial charge in [0.25, 0.3) is 0 Å². The molecule has 0 saturated heterocycles. The average molecular weight is 412 g/mol. The van der Waals surface area contributed by atoms with Crippen LogP contribution in [0.2, 0.25) is 0 Å². The minimum absolute atomic E-state index is 0.00926. The fourth-order valence-corrected chi connectivity index (χ4v) is 2.55. The zero-order chi connectivity index (χ0) is 18.8. The van der Waals surface area contributed by atoms with Crippen LogP contribution in [0.5, 0.6) is 11.5 Å². The van der Waals surface area contributed by atoms with Gasteiger partial charge in [-0.05, 0) is 11.5 Å². The molecule has 0 spiro atoms. The van der Waals surface area contributed by atoms with E-state index in [9.17, 15) is 19.8 Å². The molecule has 8 heteroatoms. The normalized spacial score (nSPS) is 15.5. The third-order valence-electron chi connectivity index (χ3n) is 3.01. The van der Waals surface area contributed by atoms with Crippen molar-refractivity contribution >= 4 is 58.0 Å². The maximum Gasteiger partial charge on any atom is 0.219 e. The Labute approximate surface area is 159 Å². The fraction of sp³-hybridized carbons (Fsp3) is 0.250. The first kappa shape index (κ1) is 20.8. The SMILES string of the molecule is CC(C)(C)c1cccc(O)c1O.O=C1C(Cl)=C(Cl)C(=O)C(Cl)=C1Cl. The predicted octanol–water partition coefficient (Wildman–Crippen LogP) is 4.91. The highest BCUT2D eigenvalue weighted by molar-refractivity contribution is 6.69. The number of carbonyl (C=O) groups excluding carboxylic acids is 2. The Morgan fingerprint density at radius 2 is 1.17 bits per heavy atom. The number of phenolic OH excluding ortho intramolecular Hbond substituents is 2. The van der Waals surface area contributed by atoms with E-state index in [2.05, 4.69) is 0 Å². The first-order chi connectivity index (χ1) is 10.9. The number of aromatic hydroxyl groups is 2. The minimum atomic E-state index is -0.729. The first-order valence-corrected chi connectivity index (χ1v) is 8.12. The summed E-state index contributed by atoms with van der Waals surface area (Å²) >= 11 is 21.5. The van der Waals surface area contributed by atoms with Crippen molar-refractivity contribution < 1.29 is 19.8 Å². The van der Waals surface area contributed by atoms with Crippen molar-refractivity contribution in [2.24, 2.45) is 0 Å². The van der Waals surface area contributed by atoms with Crippen LogP contribution < -0.4 is 0 Å². The fourth-order valence-electron chi connectivity index (χ4n) is 1.73. The summed E-state index contributed by atoms with van der Waals surface area (Å²) < 4.78 is 0. The molecule has 0 bridgehead atoms. The predicted molar refractivity (Wildman–Crippen MR) is 95.9 cm³/mol. The number of halogens is 4. The number of carbonyl (C=O) groups is 2. The van der Waals surface area contributed by atoms with Crippen LogP contribution >= 0.6 is 46.4 Å². The Kier molecular flexibility index (Phi) is 6.76. The Hall–Kier alpha value is -1.20. The average Bonchev–Trinajstić information content (AvgIpc) is 2.51. The summed E-state index contributed by atoms with van der Waals surface area (Å²) in [5, 5.41) is 17.1. The molecule has 0 heterocycles. The number of hydrogen-bond acceptors (Lipinski definition) is 4. The van der Waals surface area contributed by atoms with E-state index in [-0.39, 0.29) is 16.9 Å². The smallest absolute Gasteiger partial charge is 0.219 e. The van der Waals surface area contributed by atoms with Gasteiger partial charge in [-0.3, -0.25) is 9.59 Å². The monoisotopic (exact) mass is 410 g/mol. The van der Waals surface area contributed by atoms with Crippen LogP contribution in [0.4, 0.5) is 0 Å². The van der Waals surface area contributed by atoms with Crippen LogP contribution in [0.3, 0.4) is 0 Å². The summed E-state index contributed by atoms with van der Waals surface area (Å²) in [6.07, 6.45) is 0. The third kappa shape index (κ3) is 4.45. The highest BCUT2D eigenvalue weighted by Gasteiger charge is 2.31. The highest BCUT2D eigenvalue weighted by atomic mass is 35.5. The van der Waals surface area contributed by atoms with E-state index in [1.54, 1.807) is 6.07 Å². The Balaban J connectivity index is 0.000000240. The molecule has 0 unspecified atom stereocenters. The molecule has 0 atom stereocenters. The summed E-state index contributed by atoms with van der Waals surface area (Å²) in [6, 6.07) is 5.02. The standard InChI is InChI=1S/C10H14O2.C6Cl4O2/c1-10(2,3)7-5-4-6-8(11)9(7)12;7-1-2(8)6(12)4(10)3(9)5(1)11/h4-6,11-12H,1-3H3;. The topological polar surface area (TPSA) is 74.6 Å². The van der Waals surface area contributed by atoms with Crippen LogP contribution in [0.15, 0.2) is 38.3 Å². The lowest BCUT2D eigenvalue weighted by Gasteiger charge is -2.20. The van der Waals surface area contributed by atoms with Gasteiger partial charge in [0, 0.05) is 5.56 Å². The lowest BCUT2D eigenvalue weighted by atomic mass is 9.86. The number of rotatable bonds is 0. The molecule has 130 valence electrons. The summed E-state index contributed by atoms with van der Waals surface area (Å²) in [5.74, 6) is -1.52. The van der Waals surface area contributed by atoms with Crippen molar-refractivity contribution in [1.29, 1.82) is 0 Å². The molecule has 0 aliphatic heterocycles. The van der Waals surface area contributed by atoms with E-state index in [1.807, 2.05) is 26.8 Å². The zero-order valence-corrected chi connectivity index (χ0v) is 16.0. The summed E-state index contributed by atoms with van der Waals surface area (Å²) in [7, 11) is 0. The summed E-state index contributed by atoms with van der Waals surface area (Å²) in [5.41, 5.74) is 0.630. The molecule has 1 aliphatic carbocycles. The number of para-hydroxylation sites is 1. The largest absolute Gasteiger partial charge is 0.504 e. The Morgan fingerprint density at radius 1 is 0.792 bits per heavy atom. The number of phenols is 2. The van der Waals surface area contributed by atoms with Crippen molar-refractivity contribution in [3.63, 3.8) is 0 Å². The zero-order valence-electron chi connectivity index (χ0n) is 13.0. The molecule has 0 amide bonds. The van der Waals surface area contributed by atoms with Crippen molar-refractivity contribution in [2.75, 3.05) is 0 Å². The minimum Gasteiger partial charge on any atom is -0.504 e. The van der Waals surface area contributed by atoms with Gasteiger partial charge in [-0.15, -0.1) is 0 Å². The molecule has 1 aliphatic rings. The lowest BCUT2D eigenvalue weighted by molar-refractivity contribution is -0.114. The molecule has 1 aromatic rings. The van der Waals surface area contributed by atoms with Crippen LogP contribution in [0, 0.1) is 0 Å². The molecule has 0 aromatic heterocycles. The molecular weight excluding hydrogens is 398 g/mol. The molecule has 24 heavy (non-hydrogen) atoms. The van der Waals surface area contributed by atoms with E-state index in [0.717, 1.165) is 5.56 Å². The van der Waals surface area contributed by atoms with Crippen LogP contribution in [-0.2, 0) is 15.0 Å². The Morgan fingerprint density at radius 3 is 1.46 bits per heavy atom. The van der Waals surface area contributed by atoms with Crippen molar-refractivity contribution in [1.82, 2.24) is 0 Å². The van der Waals surface area contributed by atoms with E-state index in [1.165, 1.54) is 6.07 Å². The van der Waals surface area contributed by atoms with Gasteiger partial charge in [0.2, 0.25) is 11.6 Å². The maximum absolute atomic E-state index is 11.0. The number of Topliss-reactive ketones (excluding diaryl/α,β-unsaturated/α-hetero) is 2. The third-order valence-corrected chi connectivity index (χ3v) is 4.64. The summed E-state index contributed by atoms with van der Waals surface area (Å²) in [4.78, 5) is 22.0. The van der Waals surface area contributed by atoms with Crippen molar-refractivity contribution in [2.45, 2.75) is 26.2 Å². The van der Waals surface area contributed by atoms with Gasteiger partial charge in [-0.25, -0.2) is 0 Å². The molecule has 4 nitrogen and oxygen atoms in total. The van der Waals surface area contributed by atoms with Gasteiger partial charge in [-0.2, -0.15) is 0 Å². The van der Waals surface area contributed by atoms with Crippen LogP contribution in [0.25, 0.3) is 0 Å². The van der Waals surface area contributed by atoms with E-state index in [0.29, 0.717) is 0 Å². The second-order valence-corrected chi connectivity index (χ2v) is 7.35. The number of hydrogen-bond donors (Lipinski definition) is 2. The van der Waals surface area contributed by atoms with E-state index in [4.69, 9.17) is 46.4 Å². The second kappa shape index (κ2) is 7.79. The van der Waals surface area contributed by atoms with Gasteiger partial charge in [0.05, 0.1) is 0 Å². The lowest BCUT2D eigenvalue weighted by Crippen LogP contribution is -2.14. The highest BCUT2D eigenvalue weighted by Crippen LogP contribution is 2.36. The maximum atomic E-state index is 11.0. The van der Waals surface area contributed by atoms with Crippen molar-refractivity contribution in [3.05, 3.63) is 43.9 Å².